The molecule has 0 spiro atoms. The van der Waals surface area contributed by atoms with Crippen LogP contribution in [0.15, 0.2) is 65.8 Å². The van der Waals surface area contributed by atoms with E-state index in [1.807, 2.05) is 6.20 Å². The van der Waals surface area contributed by atoms with Crippen LogP contribution in [0.5, 0.6) is 0 Å². The van der Waals surface area contributed by atoms with Gasteiger partial charge in [-0.2, -0.15) is 0 Å². The van der Waals surface area contributed by atoms with Gasteiger partial charge in [-0.3, -0.25) is 14.9 Å². The quantitative estimate of drug-likeness (QED) is 0.694. The molecule has 0 saturated heterocycles. The highest BCUT2D eigenvalue weighted by Gasteiger charge is 2.32. The third kappa shape index (κ3) is 4.15. The number of nitrogens with zero attached hydrogens (tertiary/aromatic N) is 5. The van der Waals surface area contributed by atoms with Crippen molar-refractivity contribution in [1.82, 2.24) is 19.7 Å². The predicted octanol–water partition coefficient (Wildman–Crippen LogP) is 4.15. The lowest BCUT2D eigenvalue weighted by Crippen LogP contribution is -2.37. The number of benzene rings is 1. The van der Waals surface area contributed by atoms with E-state index in [0.29, 0.717) is 6.04 Å². The van der Waals surface area contributed by atoms with E-state index in [1.54, 1.807) is 0 Å². The van der Waals surface area contributed by atoms with E-state index in [9.17, 15) is 0 Å². The fourth-order valence-electron chi connectivity index (χ4n) is 5.33. The zero-order valence-electron chi connectivity index (χ0n) is 19.4. The van der Waals surface area contributed by atoms with Crippen LogP contribution in [-0.4, -0.2) is 65.8 Å². The van der Waals surface area contributed by atoms with E-state index in [0.717, 1.165) is 31.9 Å². The number of aliphatic imine (C=N–C) groups is 1. The Labute approximate surface area is 191 Å². The summed E-state index contributed by atoms with van der Waals surface area (Å²) in [5.41, 5.74) is 6.60. The Bertz CT molecular complexity index is 1070. The maximum atomic E-state index is 5.11. The molecule has 0 saturated carbocycles. The second-order valence-corrected chi connectivity index (χ2v) is 9.45. The fraction of sp³-hybridized carbons (Fsp3) is 0.407. The molecule has 166 valence electrons. The van der Waals surface area contributed by atoms with Crippen molar-refractivity contribution in [2.24, 2.45) is 4.99 Å². The van der Waals surface area contributed by atoms with Crippen LogP contribution in [0.4, 0.5) is 0 Å². The summed E-state index contributed by atoms with van der Waals surface area (Å²) in [6, 6.07) is 13.7. The van der Waals surface area contributed by atoms with Gasteiger partial charge in [0.25, 0.3) is 0 Å². The van der Waals surface area contributed by atoms with Crippen molar-refractivity contribution in [2.75, 3.05) is 34.2 Å². The molecule has 1 aromatic carbocycles. The van der Waals surface area contributed by atoms with Gasteiger partial charge < -0.3 is 9.80 Å². The molecule has 1 aromatic heterocycles. The standard InChI is InChI=1S/C27H33N5/c1-30(2)17-21-9-4-5-12-23(21)24-13-7-15-26-29-22(19-32(24)26)18-31(3)25-14-6-10-20-11-8-16-28-27(20)25/h4-5,7-9,11-13,15-16,22,25H,6,10,14,17-19H2,1-3H3. The Morgan fingerprint density at radius 3 is 2.84 bits per heavy atom. The molecule has 0 fully saturated rings. The zero-order valence-corrected chi connectivity index (χ0v) is 19.4. The van der Waals surface area contributed by atoms with E-state index in [2.05, 4.69) is 90.5 Å². The highest BCUT2D eigenvalue weighted by Crippen LogP contribution is 2.34. The lowest BCUT2D eigenvalue weighted by molar-refractivity contribution is 0.204. The lowest BCUT2D eigenvalue weighted by atomic mass is 9.91. The number of hydrogen-bond acceptors (Lipinski definition) is 5. The average molecular weight is 428 g/mol. The molecule has 0 radical (unpaired) electrons. The summed E-state index contributed by atoms with van der Waals surface area (Å²) in [6.07, 6.45) is 12.0. The third-order valence-corrected chi connectivity index (χ3v) is 6.75. The summed E-state index contributed by atoms with van der Waals surface area (Å²) < 4.78 is 0. The number of allylic oxidation sites excluding steroid dienone is 2. The summed E-state index contributed by atoms with van der Waals surface area (Å²) >= 11 is 0. The van der Waals surface area contributed by atoms with Crippen LogP contribution in [0.25, 0.3) is 5.70 Å². The minimum Gasteiger partial charge on any atom is -0.324 e. The van der Waals surface area contributed by atoms with Crippen LogP contribution < -0.4 is 0 Å². The summed E-state index contributed by atoms with van der Waals surface area (Å²) in [6.45, 7) is 2.80. The molecule has 0 N–H and O–H groups in total. The number of pyridine rings is 1. The normalized spacial score (nSPS) is 22.1. The van der Waals surface area contributed by atoms with E-state index in [-0.39, 0.29) is 6.04 Å². The van der Waals surface area contributed by atoms with Crippen molar-refractivity contribution < 1.29 is 0 Å². The van der Waals surface area contributed by atoms with Crippen LogP contribution in [-0.2, 0) is 13.0 Å². The molecule has 2 atom stereocenters. The van der Waals surface area contributed by atoms with E-state index >= 15 is 0 Å². The molecular formula is C27H33N5. The Morgan fingerprint density at radius 1 is 1.09 bits per heavy atom. The molecule has 0 bridgehead atoms. The Balaban J connectivity index is 1.33. The topological polar surface area (TPSA) is 35.0 Å². The minimum atomic E-state index is 0.260. The van der Waals surface area contributed by atoms with Gasteiger partial charge in [-0.1, -0.05) is 36.4 Å². The predicted molar refractivity (Wildman–Crippen MR) is 131 cm³/mol. The number of likely N-dealkylation sites (N-methyl/N-ethyl adjacent to an activating group) is 1. The number of amidine groups is 1. The van der Waals surface area contributed by atoms with Crippen molar-refractivity contribution in [1.29, 1.82) is 0 Å². The molecule has 5 nitrogen and oxygen atoms in total. The largest absolute Gasteiger partial charge is 0.324 e. The monoisotopic (exact) mass is 427 g/mol. The smallest absolute Gasteiger partial charge is 0.128 e. The van der Waals surface area contributed by atoms with Crippen LogP contribution in [0, 0.1) is 0 Å². The average Bonchev–Trinajstić information content (AvgIpc) is 3.21. The molecule has 5 heteroatoms. The molecular weight excluding hydrogens is 394 g/mol. The summed E-state index contributed by atoms with van der Waals surface area (Å²) in [5.74, 6) is 1.09. The van der Waals surface area contributed by atoms with Gasteiger partial charge in [0.2, 0.25) is 0 Å². The Kier molecular flexibility index (Phi) is 5.94. The molecule has 2 unspecified atom stereocenters. The molecule has 32 heavy (non-hydrogen) atoms. The first kappa shape index (κ1) is 21.1. The van der Waals surface area contributed by atoms with Gasteiger partial charge in [-0.05, 0) is 69.8 Å². The second-order valence-electron chi connectivity index (χ2n) is 9.45. The van der Waals surface area contributed by atoms with Crippen molar-refractivity contribution in [3.8, 4) is 0 Å². The van der Waals surface area contributed by atoms with Crippen molar-refractivity contribution in [3.63, 3.8) is 0 Å². The highest BCUT2D eigenvalue weighted by atomic mass is 15.3. The van der Waals surface area contributed by atoms with Crippen LogP contribution in [0.3, 0.4) is 0 Å². The lowest BCUT2D eigenvalue weighted by Gasteiger charge is -2.33. The molecule has 3 aliphatic rings. The van der Waals surface area contributed by atoms with Gasteiger partial charge in [0, 0.05) is 31.4 Å². The number of aromatic nitrogens is 1. The van der Waals surface area contributed by atoms with Crippen LogP contribution in [0.2, 0.25) is 0 Å². The highest BCUT2D eigenvalue weighted by molar-refractivity contribution is 6.02. The molecule has 0 amide bonds. The molecule has 5 rings (SSSR count). The molecule has 2 aliphatic heterocycles. The van der Waals surface area contributed by atoms with Crippen molar-refractivity contribution in [3.05, 3.63) is 83.2 Å². The first-order chi connectivity index (χ1) is 15.6. The SMILES string of the molecule is CN(C)Cc1ccccc1C1=CC=CC2=NC(CN(C)C3CCCc4cccnc43)CN12. The Morgan fingerprint density at radius 2 is 1.97 bits per heavy atom. The molecule has 3 heterocycles. The van der Waals surface area contributed by atoms with Gasteiger partial charge in [-0.25, -0.2) is 0 Å². The molecule has 1 aliphatic carbocycles. The van der Waals surface area contributed by atoms with Gasteiger partial charge >= 0.3 is 0 Å². The summed E-state index contributed by atoms with van der Waals surface area (Å²) in [7, 11) is 6.49. The summed E-state index contributed by atoms with van der Waals surface area (Å²) in [5, 5.41) is 0. The van der Waals surface area contributed by atoms with Crippen LogP contribution in [0.1, 0.15) is 41.3 Å². The maximum Gasteiger partial charge on any atom is 0.128 e. The van der Waals surface area contributed by atoms with E-state index in [1.165, 1.54) is 40.9 Å². The van der Waals surface area contributed by atoms with Crippen LogP contribution >= 0.6 is 0 Å². The van der Waals surface area contributed by atoms with E-state index in [4.69, 9.17) is 9.98 Å². The summed E-state index contributed by atoms with van der Waals surface area (Å²) in [4.78, 5) is 17.0. The third-order valence-electron chi connectivity index (χ3n) is 6.75. The number of rotatable bonds is 6. The number of aryl methyl sites for hydroxylation is 1. The molecule has 2 aromatic rings. The first-order valence-electron chi connectivity index (χ1n) is 11.7. The van der Waals surface area contributed by atoms with Gasteiger partial charge in [0.1, 0.15) is 5.84 Å². The van der Waals surface area contributed by atoms with Gasteiger partial charge in [0.15, 0.2) is 0 Å². The van der Waals surface area contributed by atoms with E-state index < -0.39 is 0 Å². The van der Waals surface area contributed by atoms with Gasteiger partial charge in [-0.15, -0.1) is 0 Å². The van der Waals surface area contributed by atoms with Crippen molar-refractivity contribution >= 4 is 11.5 Å². The van der Waals surface area contributed by atoms with Crippen molar-refractivity contribution in [2.45, 2.75) is 37.9 Å². The van der Waals surface area contributed by atoms with Gasteiger partial charge in [0.05, 0.1) is 23.5 Å². The maximum absolute atomic E-state index is 5.11. The minimum absolute atomic E-state index is 0.260. The Hall–Kier alpha value is -2.76. The number of hydrogen-bond donors (Lipinski definition) is 0. The second kappa shape index (κ2) is 9.00. The number of fused-ring (bicyclic) bond motifs is 2. The zero-order chi connectivity index (χ0) is 22.1. The fourth-order valence-corrected chi connectivity index (χ4v) is 5.33. The first-order valence-corrected chi connectivity index (χ1v) is 11.7.